The topological polar surface area (TPSA) is 117 Å². The van der Waals surface area contributed by atoms with Crippen molar-refractivity contribution in [2.24, 2.45) is 7.05 Å². The van der Waals surface area contributed by atoms with Crippen molar-refractivity contribution in [1.29, 1.82) is 0 Å². The Balaban J connectivity index is 2.00. The largest absolute Gasteiger partial charge is 0.465 e. The minimum absolute atomic E-state index is 0.0333. The van der Waals surface area contributed by atoms with Gasteiger partial charge in [0, 0.05) is 36.0 Å². The number of hydrogen-bond donors (Lipinski definition) is 2. The third-order valence-electron chi connectivity index (χ3n) is 6.26. The zero-order valence-electron chi connectivity index (χ0n) is 22.4. The van der Waals surface area contributed by atoms with E-state index in [0.29, 0.717) is 27.7 Å². The van der Waals surface area contributed by atoms with E-state index in [0.717, 1.165) is 24.5 Å². The number of pyridine rings is 1. The number of carbonyl (C=O) groups is 1. The summed E-state index contributed by atoms with van der Waals surface area (Å²) in [6, 6.07) is 8.80. The first-order chi connectivity index (χ1) is 18.6. The SMILES string of the molecule is Cn1nc(NS(C)(=O)=O)c2c(Cl)ccc(-c3cccnc3C(Cc3cc(F)cc(F)c3)N(C(=O)O)C(C)(C)C)c21. The van der Waals surface area contributed by atoms with Crippen molar-refractivity contribution in [2.75, 3.05) is 11.0 Å². The molecule has 0 fully saturated rings. The average molecular weight is 592 g/mol. The van der Waals surface area contributed by atoms with Crippen molar-refractivity contribution >= 4 is 44.4 Å². The molecule has 0 saturated carbocycles. The summed E-state index contributed by atoms with van der Waals surface area (Å²) in [6.45, 7) is 5.15. The van der Waals surface area contributed by atoms with Gasteiger partial charge in [0.1, 0.15) is 11.6 Å². The van der Waals surface area contributed by atoms with Crippen molar-refractivity contribution in [3.63, 3.8) is 0 Å². The molecule has 1 atom stereocenters. The number of sulfonamides is 1. The van der Waals surface area contributed by atoms with E-state index in [1.807, 2.05) is 0 Å². The quantitative estimate of drug-likeness (QED) is 0.272. The predicted molar refractivity (Wildman–Crippen MR) is 150 cm³/mol. The summed E-state index contributed by atoms with van der Waals surface area (Å²) in [5.74, 6) is -1.54. The van der Waals surface area contributed by atoms with Crippen LogP contribution in [0.4, 0.5) is 19.4 Å². The first-order valence-electron chi connectivity index (χ1n) is 12.1. The van der Waals surface area contributed by atoms with E-state index in [4.69, 9.17) is 11.6 Å². The van der Waals surface area contributed by atoms with E-state index in [-0.39, 0.29) is 22.8 Å². The molecule has 212 valence electrons. The molecule has 2 aromatic carbocycles. The van der Waals surface area contributed by atoms with E-state index < -0.39 is 39.3 Å². The molecule has 40 heavy (non-hydrogen) atoms. The van der Waals surface area contributed by atoms with Gasteiger partial charge in [-0.1, -0.05) is 23.7 Å². The fourth-order valence-electron chi connectivity index (χ4n) is 4.90. The van der Waals surface area contributed by atoms with Gasteiger partial charge in [0.15, 0.2) is 5.82 Å². The van der Waals surface area contributed by atoms with Crippen LogP contribution in [0.3, 0.4) is 0 Å². The monoisotopic (exact) mass is 591 g/mol. The van der Waals surface area contributed by atoms with Crippen LogP contribution in [0.5, 0.6) is 0 Å². The first kappa shape index (κ1) is 29.2. The van der Waals surface area contributed by atoms with E-state index in [9.17, 15) is 27.1 Å². The summed E-state index contributed by atoms with van der Waals surface area (Å²) in [5.41, 5.74) is 1.18. The lowest BCUT2D eigenvalue weighted by Crippen LogP contribution is -2.48. The fraction of sp³-hybridized carbons (Fsp3) is 0.296. The predicted octanol–water partition coefficient (Wildman–Crippen LogP) is 6.00. The molecule has 0 radical (unpaired) electrons. The van der Waals surface area contributed by atoms with E-state index in [1.165, 1.54) is 15.8 Å². The zero-order chi connectivity index (χ0) is 29.6. The highest BCUT2D eigenvalue weighted by Gasteiger charge is 2.37. The molecule has 2 N–H and O–H groups in total. The Labute approximate surface area is 235 Å². The fourth-order valence-corrected chi connectivity index (χ4v) is 5.64. The minimum Gasteiger partial charge on any atom is -0.465 e. The number of nitrogens with one attached hydrogen (secondary N) is 1. The molecule has 0 saturated heterocycles. The summed E-state index contributed by atoms with van der Waals surface area (Å²) < 4.78 is 56.1. The molecule has 13 heteroatoms. The van der Waals surface area contributed by atoms with E-state index in [1.54, 1.807) is 52.1 Å². The number of amides is 1. The maximum atomic E-state index is 14.1. The summed E-state index contributed by atoms with van der Waals surface area (Å²) in [5, 5.41) is 15.2. The second-order valence-corrected chi connectivity index (χ2v) is 12.6. The molecule has 2 heterocycles. The van der Waals surface area contributed by atoms with Crippen LogP contribution >= 0.6 is 11.6 Å². The number of fused-ring (bicyclic) bond motifs is 1. The third kappa shape index (κ3) is 6.02. The van der Waals surface area contributed by atoms with Crippen LogP contribution in [0.25, 0.3) is 22.0 Å². The standard InChI is InChI=1S/C27H28ClF2N5O4S/c1-27(2,3)35(26(36)37)21(13-15-11-16(29)14-17(30)12-15)23-18(7-6-10-31-23)19-8-9-20(28)22-24(19)34(4)32-25(22)33-40(5,38)39/h6-12,14,21H,13H2,1-5H3,(H,32,33)(H,36,37). The lowest BCUT2D eigenvalue weighted by Gasteiger charge is -2.40. The summed E-state index contributed by atoms with van der Waals surface area (Å²) in [7, 11) is -2.06. The molecule has 1 unspecified atom stereocenters. The maximum Gasteiger partial charge on any atom is 0.408 e. The summed E-state index contributed by atoms with van der Waals surface area (Å²) in [6.07, 6.45) is 1.18. The van der Waals surface area contributed by atoms with Gasteiger partial charge in [0.2, 0.25) is 10.0 Å². The molecule has 0 bridgehead atoms. The normalized spacial score (nSPS) is 12.9. The van der Waals surface area contributed by atoms with Crippen LogP contribution in [0.2, 0.25) is 5.02 Å². The minimum atomic E-state index is -3.68. The van der Waals surface area contributed by atoms with Gasteiger partial charge in [-0.25, -0.2) is 22.0 Å². The first-order valence-corrected chi connectivity index (χ1v) is 14.4. The number of nitrogens with zero attached hydrogens (tertiary/aromatic N) is 4. The summed E-state index contributed by atoms with van der Waals surface area (Å²) >= 11 is 6.49. The highest BCUT2D eigenvalue weighted by molar-refractivity contribution is 7.92. The van der Waals surface area contributed by atoms with Gasteiger partial charge in [0.25, 0.3) is 0 Å². The molecule has 0 spiro atoms. The molecule has 4 aromatic rings. The molecule has 1 amide bonds. The second-order valence-electron chi connectivity index (χ2n) is 10.4. The Morgan fingerprint density at radius 3 is 2.38 bits per heavy atom. The molecule has 4 rings (SSSR count). The number of aromatic nitrogens is 3. The highest BCUT2D eigenvalue weighted by Crippen LogP contribution is 2.41. The van der Waals surface area contributed by atoms with Gasteiger partial charge in [0.05, 0.1) is 33.9 Å². The zero-order valence-corrected chi connectivity index (χ0v) is 24.0. The molecule has 9 nitrogen and oxygen atoms in total. The maximum absolute atomic E-state index is 14.1. The Kier molecular flexibility index (Phi) is 7.79. The van der Waals surface area contributed by atoms with Crippen molar-refractivity contribution in [2.45, 2.75) is 38.8 Å². The lowest BCUT2D eigenvalue weighted by atomic mass is 9.91. The molecule has 0 aliphatic rings. The number of aryl methyl sites for hydroxylation is 1. The van der Waals surface area contributed by atoms with Crippen LogP contribution in [0.15, 0.2) is 48.7 Å². The Morgan fingerprint density at radius 2 is 1.80 bits per heavy atom. The van der Waals surface area contributed by atoms with Crippen molar-refractivity contribution in [1.82, 2.24) is 19.7 Å². The van der Waals surface area contributed by atoms with Crippen LogP contribution in [0.1, 0.15) is 38.1 Å². The van der Waals surface area contributed by atoms with Gasteiger partial charge in [-0.05, 0) is 57.0 Å². The molecular formula is C27H28ClF2N5O4S. The average Bonchev–Trinajstić information content (AvgIpc) is 3.12. The number of carboxylic acid groups (broad SMARTS) is 1. The molecule has 2 aromatic heterocycles. The van der Waals surface area contributed by atoms with Crippen LogP contribution < -0.4 is 4.72 Å². The molecule has 0 aliphatic carbocycles. The Bertz CT molecular complexity index is 1700. The van der Waals surface area contributed by atoms with Crippen molar-refractivity contribution in [3.8, 4) is 11.1 Å². The summed E-state index contributed by atoms with van der Waals surface area (Å²) in [4.78, 5) is 18.4. The van der Waals surface area contributed by atoms with Gasteiger partial charge < -0.3 is 5.11 Å². The lowest BCUT2D eigenvalue weighted by molar-refractivity contribution is 0.0684. The number of benzene rings is 2. The van der Waals surface area contributed by atoms with E-state index in [2.05, 4.69) is 14.8 Å². The molecule has 0 aliphatic heterocycles. The van der Waals surface area contributed by atoms with Crippen molar-refractivity contribution in [3.05, 3.63) is 76.6 Å². The molecular weight excluding hydrogens is 564 g/mol. The number of halogens is 3. The van der Waals surface area contributed by atoms with Gasteiger partial charge >= 0.3 is 6.09 Å². The van der Waals surface area contributed by atoms with Crippen LogP contribution in [0, 0.1) is 11.6 Å². The van der Waals surface area contributed by atoms with Gasteiger partial charge in [-0.2, -0.15) is 5.10 Å². The smallest absolute Gasteiger partial charge is 0.408 e. The Hall–Kier alpha value is -3.77. The second kappa shape index (κ2) is 10.7. The van der Waals surface area contributed by atoms with Crippen LogP contribution in [-0.2, 0) is 23.5 Å². The van der Waals surface area contributed by atoms with Crippen molar-refractivity contribution < 1.29 is 27.1 Å². The Morgan fingerprint density at radius 1 is 1.15 bits per heavy atom. The number of rotatable bonds is 7. The van der Waals surface area contributed by atoms with Gasteiger partial charge in [-0.15, -0.1) is 0 Å². The van der Waals surface area contributed by atoms with Gasteiger partial charge in [-0.3, -0.25) is 19.3 Å². The third-order valence-corrected chi connectivity index (χ3v) is 7.13. The number of hydrogen-bond acceptors (Lipinski definition) is 5. The highest BCUT2D eigenvalue weighted by atomic mass is 35.5. The van der Waals surface area contributed by atoms with E-state index >= 15 is 0 Å². The van der Waals surface area contributed by atoms with Crippen LogP contribution in [-0.4, -0.2) is 51.1 Å². The number of anilines is 1.